The molecular formula is C35H44ClN7O5. The van der Waals surface area contributed by atoms with Crippen LogP contribution >= 0.6 is 11.6 Å². The number of halogens is 1. The normalized spacial score (nSPS) is 20.4. The van der Waals surface area contributed by atoms with Crippen LogP contribution in [0.1, 0.15) is 72.0 Å². The number of aromatic nitrogens is 2. The van der Waals surface area contributed by atoms with Crippen LogP contribution in [0.4, 0.5) is 0 Å². The van der Waals surface area contributed by atoms with E-state index in [0.717, 1.165) is 11.1 Å². The van der Waals surface area contributed by atoms with Gasteiger partial charge in [-0.3, -0.25) is 28.7 Å². The monoisotopic (exact) mass is 677 g/mol. The van der Waals surface area contributed by atoms with Crippen LogP contribution in [0.15, 0.2) is 60.8 Å². The average Bonchev–Trinajstić information content (AvgIpc) is 3.40. The van der Waals surface area contributed by atoms with E-state index in [-0.39, 0.29) is 41.4 Å². The molecule has 256 valence electrons. The van der Waals surface area contributed by atoms with Crippen molar-refractivity contribution in [3.05, 3.63) is 88.2 Å². The summed E-state index contributed by atoms with van der Waals surface area (Å²) in [5, 5.41) is 15.7. The van der Waals surface area contributed by atoms with E-state index >= 15 is 0 Å². The van der Waals surface area contributed by atoms with Crippen LogP contribution in [0, 0.1) is 5.92 Å². The first-order valence-electron chi connectivity index (χ1n) is 16.2. The maximum Gasteiger partial charge on any atom is 0.276 e. The second kappa shape index (κ2) is 16.9. The molecule has 0 aliphatic carbocycles. The van der Waals surface area contributed by atoms with Gasteiger partial charge in [-0.25, -0.2) is 0 Å². The fourth-order valence-corrected chi connectivity index (χ4v) is 5.70. The highest BCUT2D eigenvalue weighted by atomic mass is 35.5. The molecular weight excluding hydrogens is 634 g/mol. The molecule has 1 aromatic heterocycles. The summed E-state index contributed by atoms with van der Waals surface area (Å²) in [4.78, 5) is 68.6. The number of fused-ring (bicyclic) bond motifs is 18. The Hall–Kier alpha value is -4.71. The van der Waals surface area contributed by atoms with E-state index in [1.165, 1.54) is 4.68 Å². The van der Waals surface area contributed by atoms with Crippen molar-refractivity contribution in [1.29, 1.82) is 0 Å². The first-order valence-corrected chi connectivity index (χ1v) is 16.6. The number of carbonyl (C=O) groups excluding carboxylic acids is 5. The molecule has 2 aliphatic rings. The number of nitrogens with one attached hydrogen (secondary N) is 4. The molecule has 0 fully saturated rings. The Balaban J connectivity index is 1.63. The molecule has 0 radical (unpaired) electrons. The quantitative estimate of drug-likeness (QED) is 0.305. The first kappa shape index (κ1) is 36.1. The number of amides is 5. The molecule has 3 heterocycles. The largest absolute Gasteiger partial charge is 0.354 e. The highest BCUT2D eigenvalue weighted by Gasteiger charge is 2.30. The van der Waals surface area contributed by atoms with Crippen LogP contribution < -0.4 is 21.3 Å². The molecule has 2 aromatic carbocycles. The van der Waals surface area contributed by atoms with Crippen molar-refractivity contribution in [2.75, 3.05) is 13.1 Å². The van der Waals surface area contributed by atoms with Crippen molar-refractivity contribution in [2.45, 2.75) is 71.1 Å². The van der Waals surface area contributed by atoms with E-state index in [1.807, 2.05) is 44.2 Å². The molecule has 2 aliphatic heterocycles. The SMILES string of the molecule is CC(C)C[C@@H]1NC(=O)[C@@H](Cc2ccccc2)NC(=O)c2ccc(cc2)CN(C(=O)c2nn(C)cc2Cl)CCCCNC(=O)[C@@H](C)NC1=O. The molecule has 0 unspecified atom stereocenters. The third kappa shape index (κ3) is 10.1. The molecule has 0 saturated carbocycles. The van der Waals surface area contributed by atoms with Crippen molar-refractivity contribution in [3.63, 3.8) is 0 Å². The summed E-state index contributed by atoms with van der Waals surface area (Å²) in [5.74, 6) is -2.13. The molecule has 3 aromatic rings. The van der Waals surface area contributed by atoms with Gasteiger partial charge in [0.1, 0.15) is 18.1 Å². The lowest BCUT2D eigenvalue weighted by Gasteiger charge is -2.25. The number of hydrogen-bond donors (Lipinski definition) is 4. The molecule has 5 rings (SSSR count). The number of hydrogen-bond acceptors (Lipinski definition) is 6. The standard InChI is InChI=1S/C35H44ClN7O5/c1-22(2)18-28-33(46)38-23(3)31(44)37-16-8-9-17-43(35(48)30-27(36)21-42(4)41-30)20-25-12-14-26(15-13-25)32(45)39-29(34(47)40-28)19-24-10-6-5-7-11-24/h5-7,10-15,21-23,28-29H,8-9,16-20H2,1-4H3,(H,37,44)(H,38,46)(H,39,45)(H,40,47)/t23-,28+,29-/m1/s1. The molecule has 0 saturated heterocycles. The average molecular weight is 678 g/mol. The van der Waals surface area contributed by atoms with Gasteiger partial charge in [0.2, 0.25) is 17.7 Å². The van der Waals surface area contributed by atoms with Gasteiger partial charge in [-0.05, 0) is 55.4 Å². The summed E-state index contributed by atoms with van der Waals surface area (Å²) in [6.07, 6.45) is 3.23. The lowest BCUT2D eigenvalue weighted by molar-refractivity contribution is -0.132. The highest BCUT2D eigenvalue weighted by molar-refractivity contribution is 6.33. The van der Waals surface area contributed by atoms with Crippen LogP contribution in [-0.2, 0) is 34.4 Å². The number of aryl methyl sites for hydroxylation is 1. The van der Waals surface area contributed by atoms with E-state index in [4.69, 9.17) is 11.6 Å². The van der Waals surface area contributed by atoms with Gasteiger partial charge < -0.3 is 26.2 Å². The fourth-order valence-electron chi connectivity index (χ4n) is 5.44. The predicted octanol–water partition coefficient (Wildman–Crippen LogP) is 3.00. The predicted molar refractivity (Wildman–Crippen MR) is 182 cm³/mol. The first-order chi connectivity index (χ1) is 22.9. The van der Waals surface area contributed by atoms with Gasteiger partial charge in [-0.15, -0.1) is 0 Å². The van der Waals surface area contributed by atoms with Gasteiger partial charge >= 0.3 is 0 Å². The van der Waals surface area contributed by atoms with Crippen LogP contribution in [0.3, 0.4) is 0 Å². The van der Waals surface area contributed by atoms with Gasteiger partial charge in [-0.1, -0.05) is 67.9 Å². The van der Waals surface area contributed by atoms with Gasteiger partial charge in [0.15, 0.2) is 5.69 Å². The zero-order valence-electron chi connectivity index (χ0n) is 27.8. The van der Waals surface area contributed by atoms with Gasteiger partial charge in [0, 0.05) is 44.9 Å². The maximum atomic E-state index is 13.7. The Morgan fingerprint density at radius 1 is 0.917 bits per heavy atom. The Labute approximate surface area is 286 Å². The summed E-state index contributed by atoms with van der Waals surface area (Å²) >= 11 is 6.30. The van der Waals surface area contributed by atoms with E-state index in [2.05, 4.69) is 26.4 Å². The van der Waals surface area contributed by atoms with Crippen LogP contribution in [0.2, 0.25) is 5.02 Å². The van der Waals surface area contributed by atoms with Crippen LogP contribution in [-0.4, -0.2) is 75.4 Å². The Morgan fingerprint density at radius 2 is 1.60 bits per heavy atom. The zero-order chi connectivity index (χ0) is 34.8. The summed E-state index contributed by atoms with van der Waals surface area (Å²) < 4.78 is 1.48. The van der Waals surface area contributed by atoms with E-state index in [9.17, 15) is 24.0 Å². The molecule has 2 bridgehead atoms. The number of nitrogens with zero attached hydrogens (tertiary/aromatic N) is 3. The lowest BCUT2D eigenvalue weighted by atomic mass is 10.0. The van der Waals surface area contributed by atoms with Crippen molar-refractivity contribution >= 4 is 41.1 Å². The Bertz CT molecular complexity index is 1590. The third-order valence-corrected chi connectivity index (χ3v) is 8.29. The van der Waals surface area contributed by atoms with Gasteiger partial charge in [0.05, 0.1) is 5.02 Å². The second-order valence-corrected chi connectivity index (χ2v) is 13.0. The second-order valence-electron chi connectivity index (χ2n) is 12.6. The molecule has 3 atom stereocenters. The van der Waals surface area contributed by atoms with E-state index < -0.39 is 35.8 Å². The molecule has 12 nitrogen and oxygen atoms in total. The molecule has 13 heteroatoms. The highest BCUT2D eigenvalue weighted by Crippen LogP contribution is 2.18. The molecule has 5 amide bonds. The molecule has 4 N–H and O–H groups in total. The molecule has 48 heavy (non-hydrogen) atoms. The smallest absolute Gasteiger partial charge is 0.276 e. The van der Waals surface area contributed by atoms with Crippen molar-refractivity contribution in [2.24, 2.45) is 13.0 Å². The van der Waals surface area contributed by atoms with Gasteiger partial charge in [0.25, 0.3) is 11.8 Å². The Morgan fingerprint density at radius 3 is 2.25 bits per heavy atom. The van der Waals surface area contributed by atoms with Crippen molar-refractivity contribution in [1.82, 2.24) is 35.9 Å². The molecule has 0 spiro atoms. The fraction of sp³-hybridized carbons (Fsp3) is 0.429. The maximum absolute atomic E-state index is 13.7. The topological polar surface area (TPSA) is 155 Å². The number of carbonyl (C=O) groups is 5. The summed E-state index contributed by atoms with van der Waals surface area (Å²) in [7, 11) is 1.68. The summed E-state index contributed by atoms with van der Waals surface area (Å²) in [5.41, 5.74) is 2.07. The minimum absolute atomic E-state index is 0.0560. The van der Waals surface area contributed by atoms with Crippen molar-refractivity contribution < 1.29 is 24.0 Å². The van der Waals surface area contributed by atoms with Crippen LogP contribution in [0.25, 0.3) is 0 Å². The third-order valence-electron chi connectivity index (χ3n) is 8.01. The summed E-state index contributed by atoms with van der Waals surface area (Å²) in [6, 6.07) is 13.3. The lowest BCUT2D eigenvalue weighted by Crippen LogP contribution is -2.57. The van der Waals surface area contributed by atoms with Gasteiger partial charge in [-0.2, -0.15) is 5.10 Å². The zero-order valence-corrected chi connectivity index (χ0v) is 28.5. The van der Waals surface area contributed by atoms with Crippen molar-refractivity contribution in [3.8, 4) is 0 Å². The minimum atomic E-state index is -0.992. The summed E-state index contributed by atoms with van der Waals surface area (Å²) in [6.45, 7) is 6.38. The van der Waals surface area contributed by atoms with E-state index in [1.54, 1.807) is 49.3 Å². The number of benzene rings is 2. The van der Waals surface area contributed by atoms with E-state index in [0.29, 0.717) is 37.9 Å². The Kier molecular flexibility index (Phi) is 12.7. The minimum Gasteiger partial charge on any atom is -0.354 e. The number of rotatable bonds is 5. The van der Waals surface area contributed by atoms with Crippen LogP contribution in [0.5, 0.6) is 0 Å².